The largest absolute Gasteiger partial charge is 0.461 e. The van der Waals surface area contributed by atoms with Gasteiger partial charge in [-0.05, 0) is 44.2 Å². The fraction of sp³-hybridized carbons (Fsp3) is 0.389. The van der Waals surface area contributed by atoms with E-state index in [1.165, 1.54) is 17.0 Å². The van der Waals surface area contributed by atoms with E-state index in [0.29, 0.717) is 16.8 Å². The Morgan fingerprint density at radius 3 is 3.00 bits per heavy atom. The quantitative estimate of drug-likeness (QED) is 0.659. The van der Waals surface area contributed by atoms with Gasteiger partial charge in [0.2, 0.25) is 0 Å². The molecule has 0 atom stereocenters. The Labute approximate surface area is 148 Å². The second-order valence-electron chi connectivity index (χ2n) is 6.25. The van der Waals surface area contributed by atoms with Crippen molar-refractivity contribution in [3.8, 4) is 0 Å². The molecule has 0 unspecified atom stereocenters. The van der Waals surface area contributed by atoms with Gasteiger partial charge in [0.1, 0.15) is 6.33 Å². The van der Waals surface area contributed by atoms with E-state index >= 15 is 0 Å². The SMILES string of the molecule is CCOC(=O)c1cc(Cn2cnc3nc4c(cc3c2=O)CCCC4)on1. The van der Waals surface area contributed by atoms with Gasteiger partial charge in [-0.2, -0.15) is 0 Å². The number of fused-ring (bicyclic) bond motifs is 2. The van der Waals surface area contributed by atoms with Crippen molar-refractivity contribution in [1.82, 2.24) is 19.7 Å². The van der Waals surface area contributed by atoms with Crippen LogP contribution < -0.4 is 5.56 Å². The molecule has 0 aromatic carbocycles. The summed E-state index contributed by atoms with van der Waals surface area (Å²) >= 11 is 0. The van der Waals surface area contributed by atoms with Gasteiger partial charge in [0, 0.05) is 11.8 Å². The standard InChI is InChI=1S/C18H18N4O4/c1-2-25-18(24)15-8-12(26-21-15)9-22-10-19-16-13(17(22)23)7-11-5-3-4-6-14(11)20-16/h7-8,10H,2-6,9H2,1H3. The van der Waals surface area contributed by atoms with E-state index < -0.39 is 5.97 Å². The van der Waals surface area contributed by atoms with Crippen LogP contribution in [0.3, 0.4) is 0 Å². The highest BCUT2D eigenvalue weighted by Gasteiger charge is 2.17. The van der Waals surface area contributed by atoms with E-state index in [1.54, 1.807) is 6.92 Å². The van der Waals surface area contributed by atoms with Crippen molar-refractivity contribution in [3.05, 3.63) is 51.5 Å². The summed E-state index contributed by atoms with van der Waals surface area (Å²) in [6.45, 7) is 2.10. The molecule has 1 aliphatic carbocycles. The van der Waals surface area contributed by atoms with Crippen LogP contribution in [0.25, 0.3) is 11.0 Å². The van der Waals surface area contributed by atoms with Gasteiger partial charge in [-0.15, -0.1) is 0 Å². The number of aryl methyl sites for hydroxylation is 2. The van der Waals surface area contributed by atoms with E-state index in [1.807, 2.05) is 6.07 Å². The number of pyridine rings is 1. The van der Waals surface area contributed by atoms with E-state index in [0.717, 1.165) is 36.9 Å². The van der Waals surface area contributed by atoms with Crippen LogP contribution in [0.2, 0.25) is 0 Å². The lowest BCUT2D eigenvalue weighted by Crippen LogP contribution is -2.22. The van der Waals surface area contributed by atoms with Gasteiger partial charge in [-0.1, -0.05) is 5.16 Å². The number of carbonyl (C=O) groups is 1. The average Bonchev–Trinajstić information content (AvgIpc) is 3.12. The molecule has 8 nitrogen and oxygen atoms in total. The molecule has 8 heteroatoms. The average molecular weight is 354 g/mol. The maximum absolute atomic E-state index is 12.8. The lowest BCUT2D eigenvalue weighted by atomic mass is 9.95. The minimum Gasteiger partial charge on any atom is -0.461 e. The Morgan fingerprint density at radius 2 is 2.15 bits per heavy atom. The zero-order chi connectivity index (χ0) is 18.1. The van der Waals surface area contributed by atoms with Gasteiger partial charge in [0.25, 0.3) is 5.56 Å². The Balaban J connectivity index is 1.66. The molecule has 26 heavy (non-hydrogen) atoms. The van der Waals surface area contributed by atoms with Gasteiger partial charge >= 0.3 is 5.97 Å². The van der Waals surface area contributed by atoms with Gasteiger partial charge in [-0.25, -0.2) is 14.8 Å². The molecule has 0 bridgehead atoms. The summed E-state index contributed by atoms with van der Waals surface area (Å²) in [6, 6.07) is 3.38. The topological polar surface area (TPSA) is 100 Å². The summed E-state index contributed by atoms with van der Waals surface area (Å²) in [5.41, 5.74) is 2.54. The van der Waals surface area contributed by atoms with Gasteiger partial charge in [-0.3, -0.25) is 9.36 Å². The molecule has 0 saturated carbocycles. The van der Waals surface area contributed by atoms with E-state index in [-0.39, 0.29) is 24.4 Å². The number of hydrogen-bond acceptors (Lipinski definition) is 7. The Morgan fingerprint density at radius 1 is 1.31 bits per heavy atom. The minimum atomic E-state index is -0.553. The fourth-order valence-electron chi connectivity index (χ4n) is 3.18. The summed E-state index contributed by atoms with van der Waals surface area (Å²) in [6.07, 6.45) is 5.56. The molecule has 0 N–H and O–H groups in total. The van der Waals surface area contributed by atoms with Crippen molar-refractivity contribution in [3.63, 3.8) is 0 Å². The first-order valence-electron chi connectivity index (χ1n) is 8.66. The maximum Gasteiger partial charge on any atom is 0.360 e. The van der Waals surface area contributed by atoms with Crippen molar-refractivity contribution >= 4 is 17.0 Å². The van der Waals surface area contributed by atoms with Crippen molar-refractivity contribution < 1.29 is 14.1 Å². The molecule has 0 radical (unpaired) electrons. The lowest BCUT2D eigenvalue weighted by Gasteiger charge is -2.15. The van der Waals surface area contributed by atoms with Gasteiger partial charge in [0.15, 0.2) is 17.1 Å². The highest BCUT2D eigenvalue weighted by molar-refractivity contribution is 5.87. The molecular weight excluding hydrogens is 336 g/mol. The minimum absolute atomic E-state index is 0.0828. The molecule has 134 valence electrons. The molecule has 0 amide bonds. The molecule has 0 spiro atoms. The second kappa shape index (κ2) is 6.70. The van der Waals surface area contributed by atoms with Crippen LogP contribution >= 0.6 is 0 Å². The highest BCUT2D eigenvalue weighted by atomic mass is 16.5. The second-order valence-corrected chi connectivity index (χ2v) is 6.25. The molecule has 0 aliphatic heterocycles. The summed E-state index contributed by atoms with van der Waals surface area (Å²) in [5.74, 6) is -0.176. The van der Waals surface area contributed by atoms with Crippen LogP contribution in [-0.4, -0.2) is 32.3 Å². The predicted molar refractivity (Wildman–Crippen MR) is 92.0 cm³/mol. The van der Waals surface area contributed by atoms with Crippen LogP contribution in [-0.2, 0) is 24.1 Å². The van der Waals surface area contributed by atoms with E-state index in [9.17, 15) is 9.59 Å². The number of nitrogens with zero attached hydrogens (tertiary/aromatic N) is 4. The van der Waals surface area contributed by atoms with Gasteiger partial charge < -0.3 is 9.26 Å². The van der Waals surface area contributed by atoms with Crippen LogP contribution in [0.1, 0.15) is 47.3 Å². The summed E-state index contributed by atoms with van der Waals surface area (Å²) in [4.78, 5) is 33.3. The van der Waals surface area contributed by atoms with Crippen molar-refractivity contribution in [2.24, 2.45) is 0 Å². The summed E-state index contributed by atoms with van der Waals surface area (Å²) < 4.78 is 11.4. The Kier molecular flexibility index (Phi) is 4.24. The van der Waals surface area contributed by atoms with E-state index in [4.69, 9.17) is 9.26 Å². The monoisotopic (exact) mass is 354 g/mol. The smallest absolute Gasteiger partial charge is 0.360 e. The number of carbonyl (C=O) groups excluding carboxylic acids is 1. The zero-order valence-electron chi connectivity index (χ0n) is 14.4. The molecular formula is C18H18N4O4. The molecule has 3 heterocycles. The van der Waals surface area contributed by atoms with Crippen LogP contribution in [0, 0.1) is 0 Å². The summed E-state index contributed by atoms with van der Waals surface area (Å²) in [5, 5.41) is 4.18. The Bertz CT molecular complexity index is 1040. The first-order chi connectivity index (χ1) is 12.7. The normalized spacial score (nSPS) is 13.6. The molecule has 3 aromatic heterocycles. The van der Waals surface area contributed by atoms with Crippen molar-refractivity contribution in [1.29, 1.82) is 0 Å². The van der Waals surface area contributed by atoms with Crippen LogP contribution in [0.5, 0.6) is 0 Å². The van der Waals surface area contributed by atoms with Crippen LogP contribution in [0.15, 0.2) is 27.8 Å². The third-order valence-corrected chi connectivity index (χ3v) is 4.46. The zero-order valence-corrected chi connectivity index (χ0v) is 14.4. The van der Waals surface area contributed by atoms with Crippen LogP contribution in [0.4, 0.5) is 0 Å². The highest BCUT2D eigenvalue weighted by Crippen LogP contribution is 2.21. The van der Waals surface area contributed by atoms with Crippen molar-refractivity contribution in [2.75, 3.05) is 6.61 Å². The number of ether oxygens (including phenoxy) is 1. The fourth-order valence-corrected chi connectivity index (χ4v) is 3.18. The third-order valence-electron chi connectivity index (χ3n) is 4.46. The number of esters is 1. The molecule has 1 aliphatic rings. The molecule has 0 saturated heterocycles. The molecule has 4 rings (SSSR count). The van der Waals surface area contributed by atoms with Gasteiger partial charge in [0.05, 0.1) is 18.5 Å². The number of aromatic nitrogens is 4. The Hall–Kier alpha value is -3.03. The molecule has 0 fully saturated rings. The number of rotatable bonds is 4. The molecule has 3 aromatic rings. The summed E-state index contributed by atoms with van der Waals surface area (Å²) in [7, 11) is 0. The lowest BCUT2D eigenvalue weighted by molar-refractivity contribution is 0.0514. The first-order valence-corrected chi connectivity index (χ1v) is 8.66. The maximum atomic E-state index is 12.8. The third kappa shape index (κ3) is 2.98. The van der Waals surface area contributed by atoms with E-state index in [2.05, 4.69) is 15.1 Å². The first kappa shape index (κ1) is 16.4. The van der Waals surface area contributed by atoms with Crippen molar-refractivity contribution in [2.45, 2.75) is 39.2 Å². The number of hydrogen-bond donors (Lipinski definition) is 0. The predicted octanol–water partition coefficient (Wildman–Crippen LogP) is 1.88.